The minimum atomic E-state index is -1.16. The van der Waals surface area contributed by atoms with Gasteiger partial charge >= 0.3 is 64.0 Å². The van der Waals surface area contributed by atoms with Gasteiger partial charge in [0, 0.05) is 26.7 Å². The van der Waals surface area contributed by atoms with Gasteiger partial charge < -0.3 is 33.5 Å². The number of hydrogen-bond donors (Lipinski definition) is 1. The fraction of sp³-hybridized carbons (Fsp3) is 0.500. The van der Waals surface area contributed by atoms with E-state index in [0.717, 1.165) is 22.4 Å². The van der Waals surface area contributed by atoms with Crippen molar-refractivity contribution in [1.29, 1.82) is 0 Å². The minimum Gasteiger partial charge on any atom is -0.469 e. The van der Waals surface area contributed by atoms with Gasteiger partial charge in [-0.05, 0) is 60.7 Å². The summed E-state index contributed by atoms with van der Waals surface area (Å²) in [4.78, 5) is 140. The molecule has 0 unspecified atom stereocenters. The third-order valence-electron chi connectivity index (χ3n) is 10.1. The topological polar surface area (TPSA) is 293 Å². The fourth-order valence-corrected chi connectivity index (χ4v) is 6.51. The second kappa shape index (κ2) is 25.3. The van der Waals surface area contributed by atoms with Crippen molar-refractivity contribution < 1.29 is 57.5 Å². The molecule has 0 aliphatic rings. The number of methoxy groups -OCH3 is 3. The molecule has 0 radical (unpaired) electrons. The van der Waals surface area contributed by atoms with Crippen molar-refractivity contribution in [3.8, 4) is 0 Å². The number of aliphatic hydroxyl groups excluding tert-OH is 1. The monoisotopic (exact) mass is 928 g/mol. The van der Waals surface area contributed by atoms with Crippen LogP contribution in [0.25, 0.3) is 10.8 Å². The van der Waals surface area contributed by atoms with E-state index in [4.69, 9.17) is 23.7 Å². The largest absolute Gasteiger partial charge is 0.469 e. The molecule has 2 heterocycles. The van der Waals surface area contributed by atoms with Crippen molar-refractivity contribution in [2.45, 2.75) is 84.2 Å². The van der Waals surface area contributed by atoms with Gasteiger partial charge in [0.25, 0.3) is 0 Å². The van der Waals surface area contributed by atoms with Crippen LogP contribution >= 0.6 is 0 Å². The van der Waals surface area contributed by atoms with E-state index in [1.807, 2.05) is 0 Å². The molecule has 0 aliphatic carbocycles. The number of aromatic nitrogens is 6. The highest BCUT2D eigenvalue weighted by atomic mass is 16.5. The summed E-state index contributed by atoms with van der Waals surface area (Å²) in [5.74, 6) is -3.49. The van der Waals surface area contributed by atoms with Crippen molar-refractivity contribution in [2.24, 2.45) is 0 Å². The molecule has 0 atom stereocenters. The quantitative estimate of drug-likeness (QED) is 0.0439. The number of esters is 5. The zero-order valence-corrected chi connectivity index (χ0v) is 36.8. The van der Waals surface area contributed by atoms with Crippen LogP contribution in [-0.4, -0.2) is 117 Å². The smallest absolute Gasteiger partial charge is 0.338 e. The van der Waals surface area contributed by atoms with E-state index < -0.39 is 129 Å². The number of carbonyl (C=O) groups is 5. The minimum absolute atomic E-state index is 0.0124. The van der Waals surface area contributed by atoms with Crippen molar-refractivity contribution in [2.75, 3.05) is 54.4 Å². The molecular formula is C42H52N6O18. The van der Waals surface area contributed by atoms with E-state index in [9.17, 15) is 57.8 Å². The maximum Gasteiger partial charge on any atom is 0.338 e. The van der Waals surface area contributed by atoms with Gasteiger partial charge in [-0.25, -0.2) is 65.8 Å². The van der Waals surface area contributed by atoms with Crippen LogP contribution < -0.4 is 34.1 Å². The van der Waals surface area contributed by atoms with Crippen molar-refractivity contribution >= 4 is 40.6 Å². The fourth-order valence-electron chi connectivity index (χ4n) is 6.51. The van der Waals surface area contributed by atoms with E-state index in [-0.39, 0.29) is 26.4 Å². The first kappa shape index (κ1) is 51.4. The van der Waals surface area contributed by atoms with Gasteiger partial charge in [-0.3, -0.25) is 14.4 Å². The number of ether oxygens (including phenoxy) is 6. The highest BCUT2D eigenvalue weighted by Crippen LogP contribution is 2.19. The third kappa shape index (κ3) is 13.7. The van der Waals surface area contributed by atoms with Crippen LogP contribution in [0.15, 0.2) is 65.2 Å². The van der Waals surface area contributed by atoms with E-state index in [1.54, 1.807) is 36.4 Å². The number of nitrogens with zero attached hydrogens (tertiary/aromatic N) is 6. The van der Waals surface area contributed by atoms with Gasteiger partial charge in [-0.1, -0.05) is 12.1 Å². The molecule has 358 valence electrons. The average Bonchev–Trinajstić information content (AvgIpc) is 3.31. The summed E-state index contributed by atoms with van der Waals surface area (Å²) in [6.45, 7) is -3.78. The standard InChI is InChI=1S/C42H52N6O18/c1-61-24-19-47-40(58)46(18-21-49)41(59)48(42(47)60)20-25-65-34(52)14-17-45-38(56)43(15-12-32(50)62-2)37(55)44(39(45)57)16-13-33(51)64-22-6-4-5-7-23-66-36(54)31-11-9-28-26-30(35(53)63-3)10-8-29(28)27-31/h8-11,26-27,49H,4-7,12-25H2,1-3H3. The van der Waals surface area contributed by atoms with Crippen LogP contribution in [0.1, 0.15) is 65.7 Å². The summed E-state index contributed by atoms with van der Waals surface area (Å²) in [5, 5.41) is 10.8. The van der Waals surface area contributed by atoms with Gasteiger partial charge in [-0.15, -0.1) is 0 Å². The maximum absolute atomic E-state index is 13.4. The number of benzene rings is 2. The van der Waals surface area contributed by atoms with Crippen molar-refractivity contribution in [1.82, 2.24) is 27.4 Å². The zero-order chi connectivity index (χ0) is 48.3. The van der Waals surface area contributed by atoms with Crippen LogP contribution in [0, 0.1) is 0 Å². The first-order valence-corrected chi connectivity index (χ1v) is 20.8. The summed E-state index contributed by atoms with van der Waals surface area (Å²) in [6.07, 6.45) is 0.760. The molecule has 0 amide bonds. The maximum atomic E-state index is 13.4. The number of hydrogen-bond acceptors (Lipinski definition) is 18. The highest BCUT2D eigenvalue weighted by Gasteiger charge is 2.20. The van der Waals surface area contributed by atoms with Gasteiger partial charge in [0.15, 0.2) is 0 Å². The van der Waals surface area contributed by atoms with Gasteiger partial charge in [0.05, 0.1) is 90.7 Å². The summed E-state index contributed by atoms with van der Waals surface area (Å²) in [7, 11) is 3.72. The van der Waals surface area contributed by atoms with E-state index in [2.05, 4.69) is 4.74 Å². The van der Waals surface area contributed by atoms with Crippen LogP contribution in [0.2, 0.25) is 0 Å². The Balaban J connectivity index is 1.28. The van der Waals surface area contributed by atoms with E-state index in [1.165, 1.54) is 14.2 Å². The molecule has 2 aromatic heterocycles. The molecule has 0 spiro atoms. The molecule has 24 heteroatoms. The lowest BCUT2D eigenvalue weighted by atomic mass is 10.0. The number of aliphatic hydroxyl groups is 1. The molecule has 0 saturated carbocycles. The summed E-state index contributed by atoms with van der Waals surface area (Å²) in [5.41, 5.74) is -5.74. The molecule has 0 saturated heterocycles. The number of fused-ring (bicyclic) bond motifs is 1. The molecule has 4 aromatic rings. The molecule has 0 aliphatic heterocycles. The summed E-state index contributed by atoms with van der Waals surface area (Å²) in [6, 6.07) is 9.95. The van der Waals surface area contributed by atoms with Crippen LogP contribution in [0.3, 0.4) is 0 Å². The highest BCUT2D eigenvalue weighted by molar-refractivity contribution is 5.99. The summed E-state index contributed by atoms with van der Waals surface area (Å²) < 4.78 is 33.7. The lowest BCUT2D eigenvalue weighted by molar-refractivity contribution is -0.145. The Hall–Kier alpha value is -7.21. The Kier molecular flexibility index (Phi) is 19.7. The third-order valence-corrected chi connectivity index (χ3v) is 10.1. The van der Waals surface area contributed by atoms with Gasteiger partial charge in [-0.2, -0.15) is 0 Å². The average molecular weight is 929 g/mol. The summed E-state index contributed by atoms with van der Waals surface area (Å²) >= 11 is 0. The Bertz CT molecular complexity index is 2760. The predicted molar refractivity (Wildman–Crippen MR) is 229 cm³/mol. The first-order valence-electron chi connectivity index (χ1n) is 20.8. The van der Waals surface area contributed by atoms with Gasteiger partial charge in [0.1, 0.15) is 6.61 Å². The predicted octanol–water partition coefficient (Wildman–Crippen LogP) is -1.22. The molecular weight excluding hydrogens is 876 g/mol. The van der Waals surface area contributed by atoms with Gasteiger partial charge in [0.2, 0.25) is 0 Å². The lowest BCUT2D eigenvalue weighted by Crippen LogP contribution is -2.55. The Morgan fingerprint density at radius 3 is 1.27 bits per heavy atom. The Morgan fingerprint density at radius 2 is 0.833 bits per heavy atom. The van der Waals surface area contributed by atoms with Crippen molar-refractivity contribution in [3.05, 3.63) is 110 Å². The molecule has 24 nitrogen and oxygen atoms in total. The first-order chi connectivity index (χ1) is 31.7. The number of rotatable bonds is 26. The van der Waals surface area contributed by atoms with Crippen molar-refractivity contribution in [3.63, 3.8) is 0 Å². The van der Waals surface area contributed by atoms with Crippen LogP contribution in [0.5, 0.6) is 0 Å². The number of carbonyl (C=O) groups excluding carboxylic acids is 5. The molecule has 4 rings (SSSR count). The molecule has 66 heavy (non-hydrogen) atoms. The second-order valence-corrected chi connectivity index (χ2v) is 14.4. The Morgan fingerprint density at radius 1 is 0.439 bits per heavy atom. The van der Waals surface area contributed by atoms with E-state index in [0.29, 0.717) is 59.6 Å². The second-order valence-electron chi connectivity index (χ2n) is 14.4. The zero-order valence-electron chi connectivity index (χ0n) is 36.8. The van der Waals surface area contributed by atoms with Crippen LogP contribution in [-0.2, 0) is 82.1 Å². The lowest BCUT2D eigenvalue weighted by Gasteiger charge is -2.14. The number of unbranched alkanes of at least 4 members (excludes halogenated alkanes) is 3. The molecule has 2 aromatic carbocycles. The SMILES string of the molecule is COCCn1c(=O)n(CCO)c(=O)n(CCOC(=O)CCn2c(=O)n(CCC(=O)OC)c(=O)n(CCC(=O)OCCCCCCOC(=O)c3ccc4cc(C(=O)OC)ccc4c3)c2=O)c1=O. The molecule has 0 fully saturated rings. The van der Waals surface area contributed by atoms with Crippen LogP contribution in [0.4, 0.5) is 0 Å². The molecule has 1 N–H and O–H groups in total. The Labute approximate surface area is 374 Å². The molecule has 0 bridgehead atoms. The van der Waals surface area contributed by atoms with E-state index >= 15 is 0 Å². The normalized spacial score (nSPS) is 11.0.